The molecule has 6 rings (SSSR count). The molecule has 0 heterocycles. The molecular formula is C44H54N6O9. The lowest BCUT2D eigenvalue weighted by Gasteiger charge is -2.50. The molecule has 0 radical (unpaired) electrons. The minimum Gasteiger partial charge on any atom is -0.508 e. The zero-order valence-corrected chi connectivity index (χ0v) is 33.2. The molecular weight excluding hydrogens is 757 g/mol. The number of rotatable bonds is 17. The maximum Gasteiger partial charge on any atom is 0.258 e. The van der Waals surface area contributed by atoms with E-state index in [0.29, 0.717) is 29.1 Å². The number of benzene rings is 3. The lowest BCUT2D eigenvalue weighted by Crippen LogP contribution is -2.53. The molecule has 0 unspecified atom stereocenters. The summed E-state index contributed by atoms with van der Waals surface area (Å²) in [4.78, 5) is 76.0. The van der Waals surface area contributed by atoms with Crippen LogP contribution < -0.4 is 37.1 Å². The van der Waals surface area contributed by atoms with E-state index in [9.17, 15) is 39.0 Å². The summed E-state index contributed by atoms with van der Waals surface area (Å²) in [5.74, 6) is -1.89. The van der Waals surface area contributed by atoms with Crippen LogP contribution in [0.1, 0.15) is 67.2 Å². The van der Waals surface area contributed by atoms with E-state index in [2.05, 4.69) is 39.6 Å². The molecule has 2 saturated carbocycles. The molecule has 0 bridgehead atoms. The number of aromatic hydroxyl groups is 1. The summed E-state index contributed by atoms with van der Waals surface area (Å²) in [7, 11) is 0. The Hall–Kier alpha value is -5.96. The van der Waals surface area contributed by atoms with Gasteiger partial charge in [0.05, 0.1) is 25.7 Å². The van der Waals surface area contributed by atoms with Gasteiger partial charge in [0.2, 0.25) is 29.5 Å². The molecule has 15 heteroatoms. The molecule has 9 N–H and O–H groups in total. The van der Waals surface area contributed by atoms with Crippen molar-refractivity contribution < 1.29 is 43.7 Å². The first kappa shape index (κ1) is 42.6. The van der Waals surface area contributed by atoms with Crippen molar-refractivity contribution in [1.29, 1.82) is 0 Å². The molecule has 314 valence electrons. The van der Waals surface area contributed by atoms with Crippen LogP contribution in [0, 0.1) is 17.3 Å². The molecule has 2 fully saturated rings. The van der Waals surface area contributed by atoms with Crippen molar-refractivity contribution in [3.05, 3.63) is 95.1 Å². The fourth-order valence-corrected chi connectivity index (χ4v) is 9.22. The van der Waals surface area contributed by atoms with Gasteiger partial charge in [-0.3, -0.25) is 28.8 Å². The van der Waals surface area contributed by atoms with E-state index >= 15 is 0 Å². The summed E-state index contributed by atoms with van der Waals surface area (Å²) in [6, 6.07) is 18.8. The molecule has 3 aliphatic carbocycles. The summed E-state index contributed by atoms with van der Waals surface area (Å²) in [6.07, 6.45) is 5.90. The highest BCUT2D eigenvalue weighted by molar-refractivity contribution is 5.94. The maximum atomic E-state index is 13.4. The predicted molar refractivity (Wildman–Crippen MR) is 217 cm³/mol. The van der Waals surface area contributed by atoms with Gasteiger partial charge in [0, 0.05) is 12.8 Å². The van der Waals surface area contributed by atoms with Crippen molar-refractivity contribution in [2.75, 3.05) is 26.2 Å². The lowest BCUT2D eigenvalue weighted by molar-refractivity contribution is -0.131. The first-order chi connectivity index (χ1) is 28.3. The Morgan fingerprint density at radius 3 is 2.10 bits per heavy atom. The molecule has 3 aromatic rings. The number of hydrogen-bond donors (Lipinski definition) is 8. The van der Waals surface area contributed by atoms with Crippen molar-refractivity contribution in [2.24, 2.45) is 23.0 Å². The third-order valence-corrected chi connectivity index (χ3v) is 12.3. The van der Waals surface area contributed by atoms with Crippen LogP contribution >= 0.6 is 0 Å². The van der Waals surface area contributed by atoms with E-state index in [1.54, 1.807) is 42.5 Å². The fraction of sp³-hybridized carbons (Fsp3) is 0.455. The minimum atomic E-state index is -1.11. The highest BCUT2D eigenvalue weighted by atomic mass is 16.5. The molecule has 3 aromatic carbocycles. The monoisotopic (exact) mass is 810 g/mol. The van der Waals surface area contributed by atoms with Crippen LogP contribution in [0.2, 0.25) is 0 Å². The predicted octanol–water partition coefficient (Wildman–Crippen LogP) is 1.28. The smallest absolute Gasteiger partial charge is 0.258 e. The number of nitrogens with two attached hydrogens (primary N) is 1. The second kappa shape index (κ2) is 19.2. The molecule has 0 spiro atoms. The minimum absolute atomic E-state index is 0.00199. The lowest BCUT2D eigenvalue weighted by atomic mass is 9.55. The Morgan fingerprint density at radius 2 is 1.41 bits per heavy atom. The number of fused-ring (bicyclic) bond motifs is 5. The van der Waals surface area contributed by atoms with E-state index in [1.165, 1.54) is 23.3 Å². The zero-order chi connectivity index (χ0) is 42.1. The van der Waals surface area contributed by atoms with Crippen molar-refractivity contribution in [1.82, 2.24) is 26.6 Å². The number of aliphatic hydroxyl groups is 1. The molecule has 3 aliphatic rings. The number of nitrogens with one attached hydrogen (secondary N) is 5. The number of aliphatic hydroxyl groups excluding tert-OH is 1. The maximum absolute atomic E-state index is 13.4. The quantitative estimate of drug-likeness (QED) is 0.0979. The molecule has 6 amide bonds. The fourth-order valence-electron chi connectivity index (χ4n) is 9.22. The van der Waals surface area contributed by atoms with Gasteiger partial charge in [0.25, 0.3) is 5.91 Å². The zero-order valence-electron chi connectivity index (χ0n) is 33.2. The third-order valence-electron chi connectivity index (χ3n) is 12.3. The molecule has 15 nitrogen and oxygen atoms in total. The Bertz CT molecular complexity index is 2010. The van der Waals surface area contributed by atoms with Crippen molar-refractivity contribution >= 4 is 35.4 Å². The molecule has 0 saturated heterocycles. The Kier molecular flexibility index (Phi) is 13.9. The Morgan fingerprint density at radius 1 is 0.763 bits per heavy atom. The standard InChI is InChI=1S/C44H54N6O9/c1-44-18-17-32-31-14-12-30(21-28(31)9-13-33(32)34(44)15-16-37(44)52)59-25-41(56)50-36(20-27-7-10-29(51)11-8-27)43(58)48-23-39(54)46-24-40(55)49-35(42(57)47-22-38(45)53)19-26-5-3-2-4-6-26/h2-8,10-12,14,21,32-37,51-52H,9,13,15-20,22-25H2,1H3,(H2,45,53)(H,46,54)(H,47,57)(H,48,58)(H,49,55)(H,50,56)/t32-,33-,34+,35+,36+,37+,44+/m1/s1. The highest BCUT2D eigenvalue weighted by Gasteiger charge is 2.54. The SMILES string of the molecule is C[C@]12CC[C@@H]3c4ccc(OCC(=O)N[C@@H](Cc5ccc(O)cc5)C(=O)NCC(=O)NCC(=O)N[C@@H](Cc5ccccc5)C(=O)NCC(N)=O)cc4CC[C@H]3[C@@H]1CC[C@@H]2O. The first-order valence-electron chi connectivity index (χ1n) is 20.2. The van der Waals surface area contributed by atoms with Gasteiger partial charge in [0.1, 0.15) is 23.6 Å². The van der Waals surface area contributed by atoms with Gasteiger partial charge in [0.15, 0.2) is 6.61 Å². The van der Waals surface area contributed by atoms with Crippen molar-refractivity contribution in [2.45, 2.75) is 82.4 Å². The van der Waals surface area contributed by atoms with Crippen molar-refractivity contribution in [3.63, 3.8) is 0 Å². The van der Waals surface area contributed by atoms with Gasteiger partial charge in [-0.25, -0.2) is 0 Å². The van der Waals surface area contributed by atoms with E-state index in [4.69, 9.17) is 10.5 Å². The molecule has 7 atom stereocenters. The highest BCUT2D eigenvalue weighted by Crippen LogP contribution is 2.60. The summed E-state index contributed by atoms with van der Waals surface area (Å²) in [5, 5.41) is 33.0. The van der Waals surface area contributed by atoms with Crippen LogP contribution in [0.15, 0.2) is 72.8 Å². The second-order valence-corrected chi connectivity index (χ2v) is 16.2. The molecule has 59 heavy (non-hydrogen) atoms. The second-order valence-electron chi connectivity index (χ2n) is 16.2. The van der Waals surface area contributed by atoms with Crippen LogP contribution in [-0.4, -0.2) is 90.1 Å². The number of phenolic OH excluding ortho intramolecular Hbond substituents is 1. The van der Waals surface area contributed by atoms with Gasteiger partial charge in [-0.2, -0.15) is 0 Å². The van der Waals surface area contributed by atoms with Crippen LogP contribution in [0.4, 0.5) is 0 Å². The molecule has 0 aromatic heterocycles. The van der Waals surface area contributed by atoms with Crippen LogP contribution in [0.3, 0.4) is 0 Å². The number of primary amides is 1. The number of hydrogen-bond acceptors (Lipinski definition) is 9. The number of aryl methyl sites for hydroxylation is 1. The van der Waals surface area contributed by atoms with Gasteiger partial charge in [-0.05, 0) is 108 Å². The van der Waals surface area contributed by atoms with E-state index < -0.39 is 67.2 Å². The Balaban J connectivity index is 1.00. The van der Waals surface area contributed by atoms with Gasteiger partial charge >= 0.3 is 0 Å². The average molecular weight is 811 g/mol. The van der Waals surface area contributed by atoms with E-state index in [0.717, 1.165) is 44.1 Å². The summed E-state index contributed by atoms with van der Waals surface area (Å²) >= 11 is 0. The van der Waals surface area contributed by atoms with Crippen LogP contribution in [0.5, 0.6) is 11.5 Å². The number of phenols is 1. The molecule has 0 aliphatic heterocycles. The van der Waals surface area contributed by atoms with E-state index in [1.807, 2.05) is 12.1 Å². The van der Waals surface area contributed by atoms with Crippen LogP contribution in [0.25, 0.3) is 0 Å². The van der Waals surface area contributed by atoms with Gasteiger partial charge < -0.3 is 47.3 Å². The van der Waals surface area contributed by atoms with E-state index in [-0.39, 0.29) is 36.7 Å². The number of carbonyl (C=O) groups excluding carboxylic acids is 6. The summed E-state index contributed by atoms with van der Waals surface area (Å²) in [6.45, 7) is 0.455. The normalized spacial score (nSPS) is 22.5. The first-order valence-corrected chi connectivity index (χ1v) is 20.2. The summed E-state index contributed by atoms with van der Waals surface area (Å²) < 4.78 is 5.91. The third kappa shape index (κ3) is 11.0. The average Bonchev–Trinajstić information content (AvgIpc) is 3.54. The number of amides is 6. The van der Waals surface area contributed by atoms with Gasteiger partial charge in [-0.1, -0.05) is 55.5 Å². The van der Waals surface area contributed by atoms with Crippen molar-refractivity contribution in [3.8, 4) is 11.5 Å². The number of ether oxygens (including phenoxy) is 1. The number of carbonyl (C=O) groups is 6. The largest absolute Gasteiger partial charge is 0.508 e. The van der Waals surface area contributed by atoms with Gasteiger partial charge in [-0.15, -0.1) is 0 Å². The summed E-state index contributed by atoms with van der Waals surface area (Å²) in [5.41, 5.74) is 9.06. The van der Waals surface area contributed by atoms with Crippen LogP contribution in [-0.2, 0) is 48.0 Å². The Labute approximate surface area is 343 Å². The topological polar surface area (TPSA) is 238 Å².